The van der Waals surface area contributed by atoms with Crippen LogP contribution in [0.3, 0.4) is 0 Å². The Kier molecular flexibility index (Phi) is 3.91. The number of nitrogens with zero attached hydrogens (tertiary/aromatic N) is 1. The van der Waals surface area contributed by atoms with E-state index in [0.717, 1.165) is 12.8 Å². The van der Waals surface area contributed by atoms with Crippen LogP contribution in [0.25, 0.3) is 0 Å². The van der Waals surface area contributed by atoms with Gasteiger partial charge in [0.2, 0.25) is 0 Å². The zero-order valence-electron chi connectivity index (χ0n) is 11.0. The molecule has 0 bridgehead atoms. The number of rotatable bonds is 6. The lowest BCUT2D eigenvalue weighted by atomic mass is 10.3. The van der Waals surface area contributed by atoms with Crippen LogP contribution >= 0.6 is 0 Å². The normalized spacial score (nSPS) is 16.6. The van der Waals surface area contributed by atoms with Crippen molar-refractivity contribution in [1.29, 1.82) is 0 Å². The number of carbonyl (C=O) groups is 1. The molecule has 100 valence electrons. The SMILES string of the molecule is CCOC(C)CNC(=O)c1cc(N)cn1C1CC1. The largest absolute Gasteiger partial charge is 0.397 e. The molecule has 1 amide bonds. The summed E-state index contributed by atoms with van der Waals surface area (Å²) in [6.07, 6.45) is 4.13. The van der Waals surface area contributed by atoms with Gasteiger partial charge < -0.3 is 20.4 Å². The van der Waals surface area contributed by atoms with Crippen molar-refractivity contribution in [3.8, 4) is 0 Å². The van der Waals surface area contributed by atoms with E-state index in [-0.39, 0.29) is 12.0 Å². The highest BCUT2D eigenvalue weighted by Gasteiger charge is 2.27. The highest BCUT2D eigenvalue weighted by molar-refractivity contribution is 5.93. The van der Waals surface area contributed by atoms with Gasteiger partial charge in [-0.3, -0.25) is 4.79 Å². The van der Waals surface area contributed by atoms with Crippen LogP contribution in [-0.2, 0) is 4.74 Å². The third-order valence-electron chi connectivity index (χ3n) is 3.04. The van der Waals surface area contributed by atoms with Crippen LogP contribution in [0.15, 0.2) is 12.3 Å². The standard InChI is InChI=1S/C13H21N3O2/c1-3-18-9(2)7-15-13(17)12-6-10(14)8-16(12)11-4-5-11/h6,8-9,11H,3-5,7,14H2,1-2H3,(H,15,17). The lowest BCUT2D eigenvalue weighted by molar-refractivity contribution is 0.0691. The molecule has 0 aliphatic heterocycles. The van der Waals surface area contributed by atoms with Crippen LogP contribution < -0.4 is 11.1 Å². The molecule has 1 aromatic rings. The average molecular weight is 251 g/mol. The van der Waals surface area contributed by atoms with Crippen molar-refractivity contribution in [2.45, 2.75) is 38.8 Å². The van der Waals surface area contributed by atoms with Crippen molar-refractivity contribution in [1.82, 2.24) is 9.88 Å². The number of nitrogens with two attached hydrogens (primary N) is 1. The minimum absolute atomic E-state index is 0.0284. The summed E-state index contributed by atoms with van der Waals surface area (Å²) in [4.78, 5) is 12.1. The number of carbonyl (C=O) groups excluding carboxylic acids is 1. The fourth-order valence-electron chi connectivity index (χ4n) is 2.01. The Balaban J connectivity index is 1.96. The first-order chi connectivity index (χ1) is 8.61. The van der Waals surface area contributed by atoms with Gasteiger partial charge in [-0.25, -0.2) is 0 Å². The summed E-state index contributed by atoms with van der Waals surface area (Å²) in [6, 6.07) is 2.19. The predicted octanol–water partition coefficient (Wildman–Crippen LogP) is 1.56. The van der Waals surface area contributed by atoms with E-state index in [2.05, 4.69) is 5.32 Å². The van der Waals surface area contributed by atoms with Crippen molar-refractivity contribution in [2.24, 2.45) is 0 Å². The van der Waals surface area contributed by atoms with Crippen LogP contribution in [0.2, 0.25) is 0 Å². The number of aromatic nitrogens is 1. The van der Waals surface area contributed by atoms with E-state index in [1.807, 2.05) is 24.6 Å². The summed E-state index contributed by atoms with van der Waals surface area (Å²) in [5.41, 5.74) is 7.06. The first-order valence-corrected chi connectivity index (χ1v) is 6.49. The van der Waals surface area contributed by atoms with Crippen LogP contribution in [0.5, 0.6) is 0 Å². The van der Waals surface area contributed by atoms with Crippen molar-refractivity contribution in [3.05, 3.63) is 18.0 Å². The van der Waals surface area contributed by atoms with Gasteiger partial charge >= 0.3 is 0 Å². The lowest BCUT2D eigenvalue weighted by Gasteiger charge is -2.13. The second-order valence-corrected chi connectivity index (χ2v) is 4.77. The minimum Gasteiger partial charge on any atom is -0.397 e. The summed E-state index contributed by atoms with van der Waals surface area (Å²) in [7, 11) is 0. The Morgan fingerprint density at radius 3 is 3.00 bits per heavy atom. The fourth-order valence-corrected chi connectivity index (χ4v) is 2.01. The molecule has 0 radical (unpaired) electrons. The molecular weight excluding hydrogens is 230 g/mol. The highest BCUT2D eigenvalue weighted by atomic mass is 16.5. The van der Waals surface area contributed by atoms with Gasteiger partial charge in [-0.15, -0.1) is 0 Å². The number of amides is 1. The van der Waals surface area contributed by atoms with Crippen LogP contribution in [-0.4, -0.2) is 29.7 Å². The highest BCUT2D eigenvalue weighted by Crippen LogP contribution is 2.37. The van der Waals surface area contributed by atoms with E-state index in [1.165, 1.54) is 0 Å². The van der Waals surface area contributed by atoms with Gasteiger partial charge in [-0.05, 0) is 32.8 Å². The monoisotopic (exact) mass is 251 g/mol. The van der Waals surface area contributed by atoms with Crippen LogP contribution in [0.1, 0.15) is 43.2 Å². The molecular formula is C13H21N3O2. The van der Waals surface area contributed by atoms with E-state index in [0.29, 0.717) is 30.6 Å². The molecule has 1 unspecified atom stereocenters. The first kappa shape index (κ1) is 13.0. The average Bonchev–Trinajstić information content (AvgIpc) is 3.10. The number of hydrogen-bond donors (Lipinski definition) is 2. The Morgan fingerprint density at radius 2 is 2.39 bits per heavy atom. The van der Waals surface area contributed by atoms with Crippen molar-refractivity contribution >= 4 is 11.6 Å². The quantitative estimate of drug-likeness (QED) is 0.806. The van der Waals surface area contributed by atoms with Crippen molar-refractivity contribution < 1.29 is 9.53 Å². The van der Waals surface area contributed by atoms with Gasteiger partial charge in [0.25, 0.3) is 5.91 Å². The summed E-state index contributed by atoms with van der Waals surface area (Å²) >= 11 is 0. The van der Waals surface area contributed by atoms with E-state index in [1.54, 1.807) is 6.07 Å². The molecule has 1 atom stereocenters. The van der Waals surface area contributed by atoms with E-state index in [4.69, 9.17) is 10.5 Å². The van der Waals surface area contributed by atoms with Crippen molar-refractivity contribution in [2.75, 3.05) is 18.9 Å². The Hall–Kier alpha value is -1.49. The number of nitrogen functional groups attached to an aromatic ring is 1. The first-order valence-electron chi connectivity index (χ1n) is 6.49. The second kappa shape index (κ2) is 5.44. The molecule has 1 aliphatic carbocycles. The number of ether oxygens (including phenoxy) is 1. The lowest BCUT2D eigenvalue weighted by Crippen LogP contribution is -2.33. The molecule has 1 saturated carbocycles. The predicted molar refractivity (Wildman–Crippen MR) is 70.5 cm³/mol. The van der Waals surface area contributed by atoms with Gasteiger partial charge in [0.15, 0.2) is 0 Å². The molecule has 0 saturated heterocycles. The maximum absolute atomic E-state index is 12.1. The van der Waals surface area contributed by atoms with Gasteiger partial charge in [-0.2, -0.15) is 0 Å². The molecule has 1 aliphatic rings. The number of anilines is 1. The molecule has 1 fully saturated rings. The van der Waals surface area contributed by atoms with Gasteiger partial charge in [0.1, 0.15) is 5.69 Å². The van der Waals surface area contributed by atoms with Crippen molar-refractivity contribution in [3.63, 3.8) is 0 Å². The van der Waals surface area contributed by atoms with E-state index in [9.17, 15) is 4.79 Å². The summed E-state index contributed by atoms with van der Waals surface area (Å²) in [6.45, 7) is 5.06. The smallest absolute Gasteiger partial charge is 0.268 e. The van der Waals surface area contributed by atoms with E-state index < -0.39 is 0 Å². The molecule has 1 aromatic heterocycles. The molecule has 2 rings (SSSR count). The second-order valence-electron chi connectivity index (χ2n) is 4.77. The summed E-state index contributed by atoms with van der Waals surface area (Å²) in [5.74, 6) is -0.0786. The topological polar surface area (TPSA) is 69.3 Å². The Bertz CT molecular complexity index is 424. The molecule has 5 nitrogen and oxygen atoms in total. The maximum Gasteiger partial charge on any atom is 0.268 e. The Morgan fingerprint density at radius 1 is 1.67 bits per heavy atom. The maximum atomic E-state index is 12.1. The molecule has 5 heteroatoms. The number of nitrogens with one attached hydrogen (secondary N) is 1. The van der Waals surface area contributed by atoms with Gasteiger partial charge in [-0.1, -0.05) is 0 Å². The summed E-state index contributed by atoms with van der Waals surface area (Å²) < 4.78 is 7.36. The number of hydrogen-bond acceptors (Lipinski definition) is 3. The Labute approximate surface area is 107 Å². The van der Waals surface area contributed by atoms with Gasteiger partial charge in [0, 0.05) is 25.4 Å². The van der Waals surface area contributed by atoms with E-state index >= 15 is 0 Å². The van der Waals surface area contributed by atoms with Crippen LogP contribution in [0.4, 0.5) is 5.69 Å². The molecule has 0 aromatic carbocycles. The zero-order chi connectivity index (χ0) is 13.1. The third-order valence-corrected chi connectivity index (χ3v) is 3.04. The fraction of sp³-hybridized carbons (Fsp3) is 0.615. The molecule has 3 N–H and O–H groups in total. The summed E-state index contributed by atoms with van der Waals surface area (Å²) in [5, 5.41) is 2.88. The van der Waals surface area contributed by atoms with Gasteiger partial charge in [0.05, 0.1) is 11.8 Å². The molecule has 1 heterocycles. The molecule has 0 spiro atoms. The zero-order valence-corrected chi connectivity index (χ0v) is 11.0. The molecule has 18 heavy (non-hydrogen) atoms. The third kappa shape index (κ3) is 3.04. The minimum atomic E-state index is -0.0786. The van der Waals surface area contributed by atoms with Crippen LogP contribution in [0, 0.1) is 0 Å².